The highest BCUT2D eigenvalue weighted by Gasteiger charge is 2.39. The van der Waals surface area contributed by atoms with E-state index in [0.29, 0.717) is 35.8 Å². The summed E-state index contributed by atoms with van der Waals surface area (Å²) in [4.78, 5) is 15.0. The van der Waals surface area contributed by atoms with E-state index in [2.05, 4.69) is 22.3 Å². The molecule has 6 nitrogen and oxygen atoms in total. The van der Waals surface area contributed by atoms with Crippen molar-refractivity contribution in [1.82, 2.24) is 15.4 Å². The van der Waals surface area contributed by atoms with Crippen LogP contribution in [0.1, 0.15) is 43.4 Å². The molecule has 1 saturated carbocycles. The summed E-state index contributed by atoms with van der Waals surface area (Å²) in [6.07, 6.45) is 6.64. The molecule has 2 aliphatic rings. The molecule has 36 heavy (non-hydrogen) atoms. The molecule has 190 valence electrons. The average molecular weight is 492 g/mol. The van der Waals surface area contributed by atoms with Crippen molar-refractivity contribution in [2.24, 2.45) is 17.8 Å². The van der Waals surface area contributed by atoms with Crippen LogP contribution in [0.15, 0.2) is 53.1 Å². The van der Waals surface area contributed by atoms with Crippen molar-refractivity contribution in [1.29, 1.82) is 0 Å². The van der Waals surface area contributed by atoms with E-state index in [0.717, 1.165) is 54.9 Å². The maximum atomic E-state index is 13.5. The van der Waals surface area contributed by atoms with Gasteiger partial charge in [0, 0.05) is 42.1 Å². The predicted molar refractivity (Wildman–Crippen MR) is 138 cm³/mol. The van der Waals surface area contributed by atoms with Gasteiger partial charge in [-0.2, -0.15) is 0 Å². The molecule has 7 heteroatoms. The summed E-state index contributed by atoms with van der Waals surface area (Å²) in [7, 11) is 1.63. The third-order valence-corrected chi connectivity index (χ3v) is 8.01. The van der Waals surface area contributed by atoms with Crippen molar-refractivity contribution >= 4 is 23.0 Å². The Morgan fingerprint density at radius 1 is 1.25 bits per heavy atom. The van der Waals surface area contributed by atoms with Crippen molar-refractivity contribution in [2.45, 2.75) is 32.1 Å². The molecule has 1 aromatic heterocycles. The molecule has 1 aliphatic carbocycles. The molecule has 2 fully saturated rings. The number of nitrogens with zero attached hydrogens (tertiary/aromatic N) is 2. The van der Waals surface area contributed by atoms with E-state index in [1.54, 1.807) is 25.3 Å². The van der Waals surface area contributed by atoms with Crippen molar-refractivity contribution in [3.8, 4) is 5.75 Å². The minimum Gasteiger partial charge on any atom is -0.496 e. The molecule has 2 aromatic carbocycles. The second-order valence-corrected chi connectivity index (χ2v) is 10.2. The highest BCUT2D eigenvalue weighted by atomic mass is 19.1. The lowest BCUT2D eigenvalue weighted by Crippen LogP contribution is -2.49. The van der Waals surface area contributed by atoms with Crippen LogP contribution in [-0.4, -0.2) is 49.3 Å². The van der Waals surface area contributed by atoms with Crippen LogP contribution in [0, 0.1) is 23.6 Å². The Balaban J connectivity index is 1.09. The van der Waals surface area contributed by atoms with Gasteiger partial charge in [-0.1, -0.05) is 30.3 Å². The average Bonchev–Trinajstić information content (AvgIpc) is 3.30. The van der Waals surface area contributed by atoms with E-state index in [1.807, 2.05) is 24.3 Å². The number of rotatable bonds is 8. The number of likely N-dealkylation sites (tertiary alicyclic amines) is 1. The van der Waals surface area contributed by atoms with E-state index < -0.39 is 0 Å². The first-order valence-electron chi connectivity index (χ1n) is 12.9. The SMILES string of the molecule is COc1ccccc1/C=C/C(=O)NC[C@H]1C(C)C[C@@H]1CN1CCC(c2noc3cc(F)ccc23)CC1. The molecular formula is C29H34FN3O3. The molecule has 2 heterocycles. The van der Waals surface area contributed by atoms with Gasteiger partial charge in [0.25, 0.3) is 0 Å². The number of carbonyl (C=O) groups excluding carboxylic acids is 1. The Bertz CT molecular complexity index is 1230. The van der Waals surface area contributed by atoms with E-state index in [1.165, 1.54) is 18.6 Å². The van der Waals surface area contributed by atoms with Crippen molar-refractivity contribution < 1.29 is 18.4 Å². The van der Waals surface area contributed by atoms with Crippen molar-refractivity contribution in [3.63, 3.8) is 0 Å². The number of hydrogen-bond donors (Lipinski definition) is 1. The van der Waals surface area contributed by atoms with E-state index in [9.17, 15) is 9.18 Å². The lowest BCUT2D eigenvalue weighted by atomic mass is 9.65. The second-order valence-electron chi connectivity index (χ2n) is 10.2. The third kappa shape index (κ3) is 5.31. The first kappa shape index (κ1) is 24.5. The minimum atomic E-state index is -0.298. The monoisotopic (exact) mass is 491 g/mol. The molecule has 1 saturated heterocycles. The fraction of sp³-hybridized carbons (Fsp3) is 0.448. The molecule has 1 N–H and O–H groups in total. The zero-order chi connectivity index (χ0) is 25.1. The Kier molecular flexibility index (Phi) is 7.37. The number of methoxy groups -OCH3 is 1. The Morgan fingerprint density at radius 3 is 2.83 bits per heavy atom. The van der Waals surface area contributed by atoms with Crippen LogP contribution in [0.4, 0.5) is 4.39 Å². The zero-order valence-electron chi connectivity index (χ0n) is 21.0. The van der Waals surface area contributed by atoms with Gasteiger partial charge in [-0.15, -0.1) is 0 Å². The standard InChI is InChI=1S/C29H34FN3O3/c1-19-15-22(25(19)17-31-28(34)10-7-20-5-3-4-6-26(20)35-2)18-33-13-11-21(12-14-33)29-24-9-8-23(30)16-27(24)36-32-29/h3-10,16,19,21-22,25H,11-15,17-18H2,1-2H3,(H,31,34)/b10-7+/t19?,22-,25+/m1/s1. The smallest absolute Gasteiger partial charge is 0.244 e. The van der Waals surface area contributed by atoms with Gasteiger partial charge in [0.15, 0.2) is 5.58 Å². The first-order chi connectivity index (χ1) is 17.5. The number of benzene rings is 2. The number of fused-ring (bicyclic) bond motifs is 1. The van der Waals surface area contributed by atoms with Crippen LogP contribution >= 0.6 is 0 Å². The van der Waals surface area contributed by atoms with Crippen LogP contribution in [0.3, 0.4) is 0 Å². The van der Waals surface area contributed by atoms with Gasteiger partial charge in [0.1, 0.15) is 11.6 Å². The topological polar surface area (TPSA) is 67.6 Å². The molecule has 1 unspecified atom stereocenters. The van der Waals surface area contributed by atoms with Gasteiger partial charge in [-0.3, -0.25) is 4.79 Å². The van der Waals surface area contributed by atoms with Crippen molar-refractivity contribution in [3.05, 3.63) is 65.6 Å². The fourth-order valence-corrected chi connectivity index (χ4v) is 5.87. The number of nitrogens with one attached hydrogen (secondary N) is 1. The maximum absolute atomic E-state index is 13.5. The van der Waals surface area contributed by atoms with Gasteiger partial charge >= 0.3 is 0 Å². The van der Waals surface area contributed by atoms with Gasteiger partial charge < -0.3 is 19.5 Å². The Labute approximate surface area is 211 Å². The Morgan fingerprint density at radius 2 is 2.06 bits per heavy atom. The normalized spacial score (nSPS) is 23.1. The lowest BCUT2D eigenvalue weighted by molar-refractivity contribution is -0.117. The first-order valence-corrected chi connectivity index (χ1v) is 12.9. The van der Waals surface area contributed by atoms with Crippen molar-refractivity contribution in [2.75, 3.05) is 33.3 Å². The molecule has 0 bridgehead atoms. The van der Waals surface area contributed by atoms with Gasteiger partial charge in [-0.25, -0.2) is 4.39 Å². The summed E-state index contributed by atoms with van der Waals surface area (Å²) < 4.78 is 24.2. The van der Waals surface area contributed by atoms with Crippen LogP contribution in [0.2, 0.25) is 0 Å². The number of carbonyl (C=O) groups is 1. The summed E-state index contributed by atoms with van der Waals surface area (Å²) in [5, 5.41) is 8.30. The van der Waals surface area contributed by atoms with E-state index >= 15 is 0 Å². The maximum Gasteiger partial charge on any atom is 0.244 e. The lowest BCUT2D eigenvalue weighted by Gasteiger charge is -2.46. The molecule has 0 spiro atoms. The summed E-state index contributed by atoms with van der Waals surface area (Å²) in [6, 6.07) is 12.3. The number of para-hydroxylation sites is 1. The summed E-state index contributed by atoms with van der Waals surface area (Å²) in [5.41, 5.74) is 2.38. The summed E-state index contributed by atoms with van der Waals surface area (Å²) in [5.74, 6) is 2.45. The molecule has 1 amide bonds. The van der Waals surface area contributed by atoms with E-state index in [4.69, 9.17) is 9.26 Å². The largest absolute Gasteiger partial charge is 0.496 e. The molecule has 3 atom stereocenters. The fourth-order valence-electron chi connectivity index (χ4n) is 5.87. The van der Waals surface area contributed by atoms with Crippen LogP contribution in [0.5, 0.6) is 5.75 Å². The molecule has 1 aliphatic heterocycles. The number of aromatic nitrogens is 1. The van der Waals surface area contributed by atoms with Gasteiger partial charge in [0.2, 0.25) is 5.91 Å². The third-order valence-electron chi connectivity index (χ3n) is 8.01. The Hall–Kier alpha value is -3.19. The van der Waals surface area contributed by atoms with Crippen LogP contribution in [-0.2, 0) is 4.79 Å². The number of ether oxygens (including phenoxy) is 1. The number of halogens is 1. The van der Waals surface area contributed by atoms with Gasteiger partial charge in [-0.05, 0) is 74.4 Å². The van der Waals surface area contributed by atoms with Crippen LogP contribution in [0.25, 0.3) is 17.0 Å². The number of amides is 1. The van der Waals surface area contributed by atoms with Gasteiger partial charge in [0.05, 0.1) is 12.8 Å². The highest BCUT2D eigenvalue weighted by molar-refractivity contribution is 5.92. The molecular weight excluding hydrogens is 457 g/mol. The molecule has 3 aromatic rings. The quantitative estimate of drug-likeness (QED) is 0.436. The van der Waals surface area contributed by atoms with Crippen LogP contribution < -0.4 is 10.1 Å². The summed E-state index contributed by atoms with van der Waals surface area (Å²) >= 11 is 0. The predicted octanol–water partition coefficient (Wildman–Crippen LogP) is 5.26. The molecule has 0 radical (unpaired) electrons. The van der Waals surface area contributed by atoms with E-state index in [-0.39, 0.29) is 11.7 Å². The zero-order valence-corrected chi connectivity index (χ0v) is 21.0. The number of hydrogen-bond acceptors (Lipinski definition) is 5. The number of piperidine rings is 1. The molecule has 5 rings (SSSR count). The second kappa shape index (κ2) is 10.8. The minimum absolute atomic E-state index is 0.0701. The summed E-state index contributed by atoms with van der Waals surface area (Å²) in [6.45, 7) is 6.10. The highest BCUT2D eigenvalue weighted by Crippen LogP contribution is 2.41.